The number of nitrogens with one attached hydrogen (secondary N) is 1. The molecule has 2 amide bonds. The van der Waals surface area contributed by atoms with Crippen LogP contribution < -0.4 is 15.0 Å². The summed E-state index contributed by atoms with van der Waals surface area (Å²) in [6.07, 6.45) is 1.08. The lowest BCUT2D eigenvalue weighted by molar-refractivity contribution is 0.0363. The van der Waals surface area contributed by atoms with Gasteiger partial charge in [0.1, 0.15) is 40.4 Å². The number of ether oxygens (including phenoxy) is 3. The van der Waals surface area contributed by atoms with Crippen molar-refractivity contribution in [3.63, 3.8) is 0 Å². The summed E-state index contributed by atoms with van der Waals surface area (Å²) in [6, 6.07) is 4.12. The highest BCUT2D eigenvalue weighted by molar-refractivity contribution is 7.23. The predicted molar refractivity (Wildman–Crippen MR) is 199 cm³/mol. The second-order valence-electron chi connectivity index (χ2n) is 15.7. The van der Waals surface area contributed by atoms with E-state index >= 15 is 8.78 Å². The average molecular weight is 778 g/mol. The smallest absolute Gasteiger partial charge is 0.412 e. The van der Waals surface area contributed by atoms with Gasteiger partial charge in [0, 0.05) is 46.4 Å². The van der Waals surface area contributed by atoms with Gasteiger partial charge in [-0.3, -0.25) is 10.2 Å². The van der Waals surface area contributed by atoms with Crippen LogP contribution in [0.3, 0.4) is 0 Å². The first-order valence-electron chi connectivity index (χ1n) is 18.2. The maximum absolute atomic E-state index is 17.7. The SMILES string of the molecule is CN1CCCC1(CO)COc1nc(N2C3CCC2CN(C(=O)O)C3)c2c3c(c(-c4c(F)ccc5sc(NC(=O)OC(C)(C)C)c(C#N)c45)c(F)c2n1)COC3. The van der Waals surface area contributed by atoms with Gasteiger partial charge in [0.2, 0.25) is 0 Å². The van der Waals surface area contributed by atoms with Crippen molar-refractivity contribution in [2.45, 2.75) is 82.9 Å². The Morgan fingerprint density at radius 3 is 2.49 bits per heavy atom. The molecule has 2 aromatic carbocycles. The van der Waals surface area contributed by atoms with Crippen LogP contribution in [-0.2, 0) is 22.7 Å². The highest BCUT2D eigenvalue weighted by Crippen LogP contribution is 2.49. The molecule has 55 heavy (non-hydrogen) atoms. The number of benzene rings is 2. The van der Waals surface area contributed by atoms with Crippen LogP contribution in [0.15, 0.2) is 12.1 Å². The Bertz CT molecular complexity index is 2280. The molecule has 0 spiro atoms. The van der Waals surface area contributed by atoms with Crippen molar-refractivity contribution in [3.8, 4) is 23.2 Å². The molecule has 17 heteroatoms. The van der Waals surface area contributed by atoms with E-state index in [9.17, 15) is 25.1 Å². The number of fused-ring (bicyclic) bond motifs is 6. The number of likely N-dealkylation sites (N-methyl/N-ethyl adjacent to an activating group) is 1. The lowest BCUT2D eigenvalue weighted by atomic mass is 9.90. The van der Waals surface area contributed by atoms with Gasteiger partial charge >= 0.3 is 18.2 Å². The van der Waals surface area contributed by atoms with Gasteiger partial charge in [-0.05, 0) is 83.3 Å². The zero-order valence-electron chi connectivity index (χ0n) is 30.9. The third-order valence-electron chi connectivity index (χ3n) is 11.2. The Balaban J connectivity index is 1.33. The number of piperazine rings is 1. The lowest BCUT2D eigenvalue weighted by Crippen LogP contribution is -2.55. The quantitative estimate of drug-likeness (QED) is 0.194. The van der Waals surface area contributed by atoms with Crippen LogP contribution in [-0.4, -0.2) is 105 Å². The lowest BCUT2D eigenvalue weighted by Gasteiger charge is -2.41. The summed E-state index contributed by atoms with van der Waals surface area (Å²) < 4.78 is 52.1. The van der Waals surface area contributed by atoms with E-state index in [0.717, 1.165) is 24.3 Å². The fraction of sp³-hybridized carbons (Fsp3) is 0.500. The number of aliphatic hydroxyl groups excluding tert-OH is 1. The molecule has 4 aliphatic rings. The van der Waals surface area contributed by atoms with E-state index in [0.29, 0.717) is 46.3 Å². The Hall–Kier alpha value is -4.89. The van der Waals surface area contributed by atoms with Crippen LogP contribution in [0, 0.1) is 23.0 Å². The van der Waals surface area contributed by atoms with Crippen molar-refractivity contribution < 1.29 is 42.8 Å². The number of anilines is 2. The number of aliphatic hydroxyl groups is 1. The molecule has 14 nitrogen and oxygen atoms in total. The van der Waals surface area contributed by atoms with E-state index in [1.54, 1.807) is 20.8 Å². The molecule has 3 fully saturated rings. The first-order chi connectivity index (χ1) is 26.2. The largest absolute Gasteiger partial charge is 0.465 e. The first-order valence-corrected chi connectivity index (χ1v) is 19.0. The van der Waals surface area contributed by atoms with Crippen LogP contribution >= 0.6 is 11.3 Å². The number of aromatic nitrogens is 2. The van der Waals surface area contributed by atoms with E-state index < -0.39 is 35.0 Å². The number of nitrogens with zero attached hydrogens (tertiary/aromatic N) is 6. The highest BCUT2D eigenvalue weighted by Gasteiger charge is 2.45. The minimum atomic E-state index is -1.01. The van der Waals surface area contributed by atoms with Crippen LogP contribution in [0.2, 0.25) is 0 Å². The van der Waals surface area contributed by atoms with Gasteiger partial charge in [0.25, 0.3) is 0 Å². The van der Waals surface area contributed by atoms with Gasteiger partial charge in [-0.15, -0.1) is 11.3 Å². The topological polar surface area (TPSA) is 174 Å². The molecular formula is C38H41F2N7O7S. The van der Waals surface area contributed by atoms with Crippen LogP contribution in [0.25, 0.3) is 32.1 Å². The molecule has 3 saturated heterocycles. The molecule has 4 aliphatic heterocycles. The number of hydrogen-bond donors (Lipinski definition) is 3. The molecule has 2 aromatic heterocycles. The summed E-state index contributed by atoms with van der Waals surface area (Å²) in [5.74, 6) is -1.29. The van der Waals surface area contributed by atoms with Gasteiger partial charge < -0.3 is 34.2 Å². The maximum Gasteiger partial charge on any atom is 0.412 e. The molecule has 3 N–H and O–H groups in total. The Morgan fingerprint density at radius 2 is 1.85 bits per heavy atom. The molecule has 3 unspecified atom stereocenters. The number of carbonyl (C=O) groups is 2. The van der Waals surface area contributed by atoms with Crippen LogP contribution in [0.5, 0.6) is 6.01 Å². The minimum absolute atomic E-state index is 0.0227. The minimum Gasteiger partial charge on any atom is -0.465 e. The van der Waals surface area contributed by atoms with E-state index in [-0.39, 0.29) is 90.2 Å². The number of likely N-dealkylation sites (tertiary alicyclic amines) is 2. The monoisotopic (exact) mass is 777 g/mol. The van der Waals surface area contributed by atoms with Gasteiger partial charge in [-0.25, -0.2) is 18.4 Å². The van der Waals surface area contributed by atoms with E-state index in [1.807, 2.05) is 16.8 Å². The Labute approximate surface area is 319 Å². The Morgan fingerprint density at radius 1 is 1.13 bits per heavy atom. The summed E-state index contributed by atoms with van der Waals surface area (Å²) in [6.45, 7) is 6.14. The normalized spacial score (nSPS) is 22.4. The summed E-state index contributed by atoms with van der Waals surface area (Å²) in [5.41, 5.74) is -1.10. The fourth-order valence-corrected chi connectivity index (χ4v) is 9.66. The summed E-state index contributed by atoms with van der Waals surface area (Å²) in [4.78, 5) is 39.8. The van der Waals surface area contributed by atoms with Crippen LogP contribution in [0.1, 0.15) is 63.1 Å². The second kappa shape index (κ2) is 13.7. The average Bonchev–Trinajstić information content (AvgIpc) is 3.90. The number of hydrogen-bond acceptors (Lipinski definition) is 12. The van der Waals surface area contributed by atoms with Crippen molar-refractivity contribution in [1.29, 1.82) is 5.26 Å². The van der Waals surface area contributed by atoms with Crippen LogP contribution in [0.4, 0.5) is 29.2 Å². The predicted octanol–water partition coefficient (Wildman–Crippen LogP) is 6.21. The molecule has 8 rings (SSSR count). The molecule has 0 saturated carbocycles. The molecule has 0 radical (unpaired) electrons. The molecule has 3 atom stereocenters. The maximum atomic E-state index is 17.7. The zero-order valence-corrected chi connectivity index (χ0v) is 31.7. The third-order valence-corrected chi connectivity index (χ3v) is 12.3. The molecule has 0 aliphatic carbocycles. The van der Waals surface area contributed by atoms with Gasteiger partial charge in [-0.2, -0.15) is 15.2 Å². The van der Waals surface area contributed by atoms with E-state index in [2.05, 4.69) is 16.4 Å². The second-order valence-corrected chi connectivity index (χ2v) is 16.8. The number of carboxylic acid groups (broad SMARTS) is 1. The van der Waals surface area contributed by atoms with Crippen molar-refractivity contribution in [2.75, 3.05) is 50.1 Å². The number of nitriles is 1. The van der Waals surface area contributed by atoms with E-state index in [4.69, 9.17) is 19.2 Å². The van der Waals surface area contributed by atoms with Crippen molar-refractivity contribution in [1.82, 2.24) is 19.8 Å². The number of rotatable bonds is 7. The first kappa shape index (κ1) is 37.1. The summed E-state index contributed by atoms with van der Waals surface area (Å²) in [5, 5.41) is 33.9. The van der Waals surface area contributed by atoms with Gasteiger partial charge in [0.05, 0.1) is 36.3 Å². The summed E-state index contributed by atoms with van der Waals surface area (Å²) in [7, 11) is 1.90. The van der Waals surface area contributed by atoms with Gasteiger partial charge in [0.15, 0.2) is 5.82 Å². The number of amides is 2. The summed E-state index contributed by atoms with van der Waals surface area (Å²) >= 11 is 1.04. The standard InChI is InChI=1S/C38H41F2N7O7S/c1-37(2,3)54-35(49)44-33-21(12-41)26-25(55-33)9-8-24(39)29(26)27-22-15-52-16-23(22)28-31(30(27)40)42-34(53-18-38(17-48)10-5-11-45(38)4)43-32(28)47-19-6-7-20(47)14-46(13-19)36(50)51/h8-9,19-20,48H,5-7,10-11,13-18H2,1-4H3,(H,44,49)(H,50,51). The molecule has 4 aromatic rings. The number of carbonyl (C=O) groups excluding carboxylic acids is 1. The molecule has 6 heterocycles. The number of thiophene rings is 1. The van der Waals surface area contributed by atoms with Crippen molar-refractivity contribution in [2.24, 2.45) is 0 Å². The van der Waals surface area contributed by atoms with Crippen molar-refractivity contribution >= 4 is 55.3 Å². The number of halogens is 2. The van der Waals surface area contributed by atoms with Crippen molar-refractivity contribution in [3.05, 3.63) is 40.5 Å². The highest BCUT2D eigenvalue weighted by atomic mass is 32.1. The molecule has 290 valence electrons. The fourth-order valence-electron chi connectivity index (χ4n) is 8.61. The zero-order chi connectivity index (χ0) is 39.0. The molecule has 2 bridgehead atoms. The Kier molecular flexibility index (Phi) is 9.23. The van der Waals surface area contributed by atoms with Gasteiger partial charge in [-0.1, -0.05) is 0 Å². The van der Waals surface area contributed by atoms with E-state index in [1.165, 1.54) is 17.0 Å². The third kappa shape index (κ3) is 6.24. The molecular weight excluding hydrogens is 737 g/mol.